The van der Waals surface area contributed by atoms with Crippen LogP contribution in [0.3, 0.4) is 0 Å². The zero-order chi connectivity index (χ0) is 10.2. The van der Waals surface area contributed by atoms with Crippen molar-refractivity contribution in [3.05, 3.63) is 0 Å². The molecule has 1 aliphatic carbocycles. The average molecular weight is 218 g/mol. The summed E-state index contributed by atoms with van der Waals surface area (Å²) in [6.07, 6.45) is 7.07. The molecule has 0 aromatic carbocycles. The number of hydrogen-bond acceptors (Lipinski definition) is 3. The van der Waals surface area contributed by atoms with Crippen molar-refractivity contribution in [1.29, 1.82) is 0 Å². The molecule has 0 aromatic rings. The van der Waals surface area contributed by atoms with Gasteiger partial charge in [-0.25, -0.2) is 0 Å². The average Bonchev–Trinajstić information content (AvgIpc) is 2.25. The first-order valence-electron chi connectivity index (χ1n) is 5.67. The first-order valence-corrected chi connectivity index (χ1v) is 6.72. The molecule has 0 spiro atoms. The largest absolute Gasteiger partial charge is 0.396 e. The van der Waals surface area contributed by atoms with Crippen LogP contribution in [0.15, 0.2) is 0 Å². The molecule has 1 atom stereocenters. The second kappa shape index (κ2) is 7.55. The van der Waals surface area contributed by atoms with Crippen molar-refractivity contribution in [1.82, 2.24) is 0 Å². The molecule has 0 radical (unpaired) electrons. The van der Waals surface area contributed by atoms with Crippen LogP contribution in [0, 0.1) is 0 Å². The fourth-order valence-corrected chi connectivity index (χ4v) is 2.49. The van der Waals surface area contributed by atoms with Gasteiger partial charge in [-0.05, 0) is 12.8 Å². The van der Waals surface area contributed by atoms with E-state index in [4.69, 9.17) is 9.84 Å². The van der Waals surface area contributed by atoms with Crippen LogP contribution in [-0.2, 0) is 4.74 Å². The van der Waals surface area contributed by atoms with Crippen molar-refractivity contribution in [3.8, 4) is 0 Å². The number of aliphatic hydroxyl groups is 1. The number of rotatable bonds is 6. The fourth-order valence-electron chi connectivity index (χ4n) is 1.81. The summed E-state index contributed by atoms with van der Waals surface area (Å²) in [5.74, 6) is 0.829. The van der Waals surface area contributed by atoms with Gasteiger partial charge in [-0.15, -0.1) is 0 Å². The molecule has 1 aliphatic rings. The lowest BCUT2D eigenvalue weighted by molar-refractivity contribution is 0.0309. The lowest BCUT2D eigenvalue weighted by atomic mass is 9.98. The Labute approximate surface area is 91.4 Å². The highest BCUT2D eigenvalue weighted by Gasteiger charge is 2.14. The van der Waals surface area contributed by atoms with E-state index in [0.29, 0.717) is 11.4 Å². The third-order valence-corrected chi connectivity index (χ3v) is 3.74. The highest BCUT2D eigenvalue weighted by atomic mass is 32.2. The molecule has 2 nitrogen and oxygen atoms in total. The molecule has 0 amide bonds. The molecule has 0 heterocycles. The minimum Gasteiger partial charge on any atom is -0.396 e. The summed E-state index contributed by atoms with van der Waals surface area (Å²) in [4.78, 5) is 0. The van der Waals surface area contributed by atoms with Crippen LogP contribution in [-0.4, -0.2) is 35.4 Å². The Bertz CT molecular complexity index is 135. The Balaban J connectivity index is 2.00. The van der Waals surface area contributed by atoms with Gasteiger partial charge < -0.3 is 9.84 Å². The monoisotopic (exact) mass is 218 g/mol. The molecular formula is C11H22O2S. The molecule has 84 valence electrons. The van der Waals surface area contributed by atoms with Crippen molar-refractivity contribution in [2.24, 2.45) is 0 Å². The molecule has 0 bridgehead atoms. The van der Waals surface area contributed by atoms with Gasteiger partial charge in [-0.1, -0.05) is 26.2 Å². The van der Waals surface area contributed by atoms with Crippen LogP contribution in [0.2, 0.25) is 0 Å². The third-order valence-electron chi connectivity index (χ3n) is 2.61. The summed E-state index contributed by atoms with van der Waals surface area (Å²) in [7, 11) is 0. The van der Waals surface area contributed by atoms with Gasteiger partial charge in [-0.3, -0.25) is 0 Å². The normalized spacial score (nSPS) is 21.0. The summed E-state index contributed by atoms with van der Waals surface area (Å²) in [6, 6.07) is 0. The third kappa shape index (κ3) is 5.23. The van der Waals surface area contributed by atoms with Gasteiger partial charge in [0, 0.05) is 11.0 Å². The number of hydrogen-bond donors (Lipinski definition) is 1. The van der Waals surface area contributed by atoms with E-state index in [1.54, 1.807) is 11.8 Å². The predicted octanol–water partition coefficient (Wildman–Crippen LogP) is 2.45. The van der Waals surface area contributed by atoms with Crippen molar-refractivity contribution >= 4 is 11.8 Å². The van der Waals surface area contributed by atoms with Crippen LogP contribution < -0.4 is 0 Å². The Kier molecular flexibility index (Phi) is 6.65. The van der Waals surface area contributed by atoms with E-state index >= 15 is 0 Å². The number of aliphatic hydroxyl groups excluding tert-OH is 1. The molecule has 1 fully saturated rings. The molecule has 1 rings (SSSR count). The van der Waals surface area contributed by atoms with E-state index in [0.717, 1.165) is 12.4 Å². The first kappa shape index (κ1) is 12.3. The second-order valence-corrected chi connectivity index (χ2v) is 5.54. The summed E-state index contributed by atoms with van der Waals surface area (Å²) in [6.45, 7) is 3.29. The summed E-state index contributed by atoms with van der Waals surface area (Å²) < 4.78 is 5.84. The van der Waals surface area contributed by atoms with Crippen LogP contribution in [0.25, 0.3) is 0 Å². The maximum atomic E-state index is 8.67. The summed E-state index contributed by atoms with van der Waals surface area (Å²) in [5, 5.41) is 9.19. The van der Waals surface area contributed by atoms with E-state index < -0.39 is 0 Å². The Morgan fingerprint density at radius 3 is 2.71 bits per heavy atom. The van der Waals surface area contributed by atoms with E-state index in [1.807, 2.05) is 0 Å². The minimum atomic E-state index is 0.276. The molecule has 0 aliphatic heterocycles. The first-order chi connectivity index (χ1) is 6.83. The minimum absolute atomic E-state index is 0.276. The zero-order valence-electron chi connectivity index (χ0n) is 9.08. The molecule has 1 saturated carbocycles. The van der Waals surface area contributed by atoms with Gasteiger partial charge in [-0.2, -0.15) is 11.8 Å². The van der Waals surface area contributed by atoms with Gasteiger partial charge in [0.2, 0.25) is 0 Å². The SMILES string of the molecule is CC(COC1CCCCC1)SCCO. The van der Waals surface area contributed by atoms with Crippen LogP contribution in [0.1, 0.15) is 39.0 Å². The van der Waals surface area contributed by atoms with Gasteiger partial charge >= 0.3 is 0 Å². The van der Waals surface area contributed by atoms with Crippen LogP contribution in [0.4, 0.5) is 0 Å². The second-order valence-electron chi connectivity index (χ2n) is 4.00. The number of ether oxygens (including phenoxy) is 1. The van der Waals surface area contributed by atoms with Crippen molar-refractivity contribution in [3.63, 3.8) is 0 Å². The van der Waals surface area contributed by atoms with Crippen molar-refractivity contribution in [2.45, 2.75) is 50.4 Å². The van der Waals surface area contributed by atoms with Crippen LogP contribution >= 0.6 is 11.8 Å². The molecule has 1 unspecified atom stereocenters. The molecule has 0 saturated heterocycles. The van der Waals surface area contributed by atoms with E-state index in [9.17, 15) is 0 Å². The standard InChI is InChI=1S/C11H22O2S/c1-10(14-8-7-12)9-13-11-5-3-2-4-6-11/h10-12H,2-9H2,1H3. The molecule has 3 heteroatoms. The highest BCUT2D eigenvalue weighted by molar-refractivity contribution is 7.99. The quantitative estimate of drug-likeness (QED) is 0.742. The summed E-state index contributed by atoms with van der Waals surface area (Å²) >= 11 is 1.79. The fraction of sp³-hybridized carbons (Fsp3) is 1.00. The van der Waals surface area contributed by atoms with E-state index in [-0.39, 0.29) is 6.61 Å². The Morgan fingerprint density at radius 2 is 2.07 bits per heavy atom. The maximum absolute atomic E-state index is 8.67. The van der Waals surface area contributed by atoms with E-state index in [2.05, 4.69) is 6.92 Å². The molecule has 0 aromatic heterocycles. The summed E-state index contributed by atoms with van der Waals surface area (Å²) in [5.41, 5.74) is 0. The molecular weight excluding hydrogens is 196 g/mol. The van der Waals surface area contributed by atoms with Gasteiger partial charge in [0.15, 0.2) is 0 Å². The highest BCUT2D eigenvalue weighted by Crippen LogP contribution is 2.21. The topological polar surface area (TPSA) is 29.5 Å². The number of thioether (sulfide) groups is 1. The Hall–Kier alpha value is 0.270. The molecule has 1 N–H and O–H groups in total. The zero-order valence-corrected chi connectivity index (χ0v) is 9.89. The van der Waals surface area contributed by atoms with Crippen LogP contribution in [0.5, 0.6) is 0 Å². The smallest absolute Gasteiger partial charge is 0.0586 e. The lowest BCUT2D eigenvalue weighted by Gasteiger charge is -2.23. The van der Waals surface area contributed by atoms with Gasteiger partial charge in [0.05, 0.1) is 19.3 Å². The van der Waals surface area contributed by atoms with Crippen molar-refractivity contribution < 1.29 is 9.84 Å². The predicted molar refractivity (Wildman–Crippen MR) is 61.8 cm³/mol. The maximum Gasteiger partial charge on any atom is 0.0586 e. The Morgan fingerprint density at radius 1 is 1.36 bits per heavy atom. The van der Waals surface area contributed by atoms with Crippen molar-refractivity contribution in [2.75, 3.05) is 19.0 Å². The van der Waals surface area contributed by atoms with E-state index in [1.165, 1.54) is 32.1 Å². The lowest BCUT2D eigenvalue weighted by Crippen LogP contribution is -2.21. The van der Waals surface area contributed by atoms with Gasteiger partial charge in [0.25, 0.3) is 0 Å². The van der Waals surface area contributed by atoms with Gasteiger partial charge in [0.1, 0.15) is 0 Å². The molecule has 14 heavy (non-hydrogen) atoms.